The van der Waals surface area contributed by atoms with E-state index in [-0.39, 0.29) is 16.7 Å². The zero-order chi connectivity index (χ0) is 15.0. The molecule has 3 rings (SSSR count). The average molecular weight is 302 g/mol. The first-order valence-electron chi connectivity index (χ1n) is 5.79. The molecule has 0 amide bonds. The van der Waals surface area contributed by atoms with Crippen molar-refractivity contribution in [1.82, 2.24) is 19.9 Å². The molecule has 0 fully saturated rings. The number of halogens is 1. The van der Waals surface area contributed by atoms with Crippen molar-refractivity contribution in [3.05, 3.63) is 39.4 Å². The molecular formula is C12H8ClN7O. The second-order valence-corrected chi connectivity index (χ2v) is 4.54. The van der Waals surface area contributed by atoms with E-state index in [0.717, 1.165) is 0 Å². The van der Waals surface area contributed by atoms with Crippen LogP contribution in [0.1, 0.15) is 5.56 Å². The number of imidazole rings is 1. The lowest BCUT2D eigenvalue weighted by atomic mass is 10.2. The molecule has 8 nitrogen and oxygen atoms in total. The summed E-state index contributed by atoms with van der Waals surface area (Å²) in [5.74, 6) is 0.157. The van der Waals surface area contributed by atoms with Crippen LogP contribution < -0.4 is 16.7 Å². The molecule has 0 aliphatic heterocycles. The summed E-state index contributed by atoms with van der Waals surface area (Å²) in [6.07, 6.45) is 0. The van der Waals surface area contributed by atoms with E-state index in [2.05, 4.69) is 25.3 Å². The highest BCUT2D eigenvalue weighted by atomic mass is 35.5. The molecular weight excluding hydrogens is 294 g/mol. The van der Waals surface area contributed by atoms with Gasteiger partial charge in [-0.05, 0) is 18.2 Å². The minimum absolute atomic E-state index is 0.0934. The topological polar surface area (TPSA) is 136 Å². The number of anilines is 3. The number of benzene rings is 1. The molecule has 0 saturated carbocycles. The largest absolute Gasteiger partial charge is 0.397 e. The van der Waals surface area contributed by atoms with Crippen LogP contribution in [-0.2, 0) is 0 Å². The SMILES string of the molecule is N#Cc1ccc(N)c(Nc2nc(Cl)c3[nH]c(=O)[nH]c3n2)c1. The van der Waals surface area contributed by atoms with Gasteiger partial charge in [0.15, 0.2) is 10.8 Å². The van der Waals surface area contributed by atoms with Gasteiger partial charge in [0.25, 0.3) is 0 Å². The maximum absolute atomic E-state index is 11.2. The molecule has 5 N–H and O–H groups in total. The zero-order valence-corrected chi connectivity index (χ0v) is 11.2. The van der Waals surface area contributed by atoms with Crippen molar-refractivity contribution in [2.24, 2.45) is 0 Å². The minimum Gasteiger partial charge on any atom is -0.397 e. The highest BCUT2D eigenvalue weighted by Gasteiger charge is 2.10. The Kier molecular flexibility index (Phi) is 2.97. The number of nitrogens with zero attached hydrogens (tertiary/aromatic N) is 3. The fourth-order valence-corrected chi connectivity index (χ4v) is 2.01. The molecule has 0 radical (unpaired) electrons. The molecule has 104 valence electrons. The third-order valence-corrected chi connectivity index (χ3v) is 3.04. The van der Waals surface area contributed by atoms with Gasteiger partial charge in [-0.15, -0.1) is 0 Å². The van der Waals surface area contributed by atoms with Crippen molar-refractivity contribution < 1.29 is 0 Å². The van der Waals surface area contributed by atoms with Gasteiger partial charge in [0.2, 0.25) is 5.95 Å². The number of hydrogen-bond acceptors (Lipinski definition) is 6. The van der Waals surface area contributed by atoms with Crippen LogP contribution in [0.5, 0.6) is 0 Å². The highest BCUT2D eigenvalue weighted by Crippen LogP contribution is 2.24. The van der Waals surface area contributed by atoms with E-state index in [9.17, 15) is 4.79 Å². The number of H-pyrrole nitrogens is 2. The van der Waals surface area contributed by atoms with E-state index in [1.54, 1.807) is 18.2 Å². The Labute approximate surface area is 122 Å². The molecule has 3 aromatic rings. The Balaban J connectivity index is 2.06. The lowest BCUT2D eigenvalue weighted by molar-refractivity contribution is 1.18. The van der Waals surface area contributed by atoms with Crippen LogP contribution in [0.4, 0.5) is 17.3 Å². The average Bonchev–Trinajstić information content (AvgIpc) is 2.82. The Morgan fingerprint density at radius 1 is 1.33 bits per heavy atom. The standard InChI is InChI=1S/C12H8ClN7O/c13-9-8-10(20-12(21)17-8)19-11(18-9)16-7-3-5(4-14)1-2-6(7)15/h1-3H,15H2,(H3,16,17,18,19,20,21). The number of nitrogens with one attached hydrogen (secondary N) is 3. The lowest BCUT2D eigenvalue weighted by Crippen LogP contribution is -2.01. The van der Waals surface area contributed by atoms with Gasteiger partial charge in [0, 0.05) is 0 Å². The van der Waals surface area contributed by atoms with Crippen LogP contribution in [0.15, 0.2) is 23.0 Å². The van der Waals surface area contributed by atoms with Crippen LogP contribution in [-0.4, -0.2) is 19.9 Å². The number of aromatic amines is 2. The lowest BCUT2D eigenvalue weighted by Gasteiger charge is -2.08. The van der Waals surface area contributed by atoms with E-state index < -0.39 is 5.69 Å². The van der Waals surface area contributed by atoms with Gasteiger partial charge in [-0.25, -0.2) is 4.79 Å². The number of nitrogen functional groups attached to an aromatic ring is 1. The summed E-state index contributed by atoms with van der Waals surface area (Å²) in [5.41, 5.74) is 7.34. The second kappa shape index (κ2) is 4.81. The molecule has 0 bridgehead atoms. The van der Waals surface area contributed by atoms with Crippen molar-refractivity contribution in [1.29, 1.82) is 5.26 Å². The highest BCUT2D eigenvalue weighted by molar-refractivity contribution is 6.33. The predicted molar refractivity (Wildman–Crippen MR) is 78.4 cm³/mol. The summed E-state index contributed by atoms with van der Waals surface area (Å²) in [6.45, 7) is 0. The summed E-state index contributed by atoms with van der Waals surface area (Å²) in [6, 6.07) is 6.77. The van der Waals surface area contributed by atoms with Gasteiger partial charge < -0.3 is 16.0 Å². The molecule has 0 saturated heterocycles. The van der Waals surface area contributed by atoms with Crippen molar-refractivity contribution in [2.45, 2.75) is 0 Å². The van der Waals surface area contributed by atoms with E-state index in [0.29, 0.717) is 22.5 Å². The van der Waals surface area contributed by atoms with E-state index in [1.165, 1.54) is 0 Å². The Morgan fingerprint density at radius 3 is 2.90 bits per heavy atom. The third kappa shape index (κ3) is 2.37. The first-order valence-corrected chi connectivity index (χ1v) is 6.17. The molecule has 0 aliphatic carbocycles. The second-order valence-electron chi connectivity index (χ2n) is 4.18. The fourth-order valence-electron chi connectivity index (χ4n) is 1.80. The summed E-state index contributed by atoms with van der Waals surface area (Å²) < 4.78 is 0. The van der Waals surface area contributed by atoms with Crippen LogP contribution in [0.3, 0.4) is 0 Å². The third-order valence-electron chi connectivity index (χ3n) is 2.76. The van der Waals surface area contributed by atoms with Crippen LogP contribution >= 0.6 is 11.6 Å². The van der Waals surface area contributed by atoms with Crippen molar-refractivity contribution in [3.8, 4) is 6.07 Å². The fraction of sp³-hybridized carbons (Fsp3) is 0. The maximum atomic E-state index is 11.2. The smallest absolute Gasteiger partial charge is 0.325 e. The number of nitrogens with two attached hydrogens (primary N) is 1. The normalized spacial score (nSPS) is 10.5. The van der Waals surface area contributed by atoms with Crippen molar-refractivity contribution in [3.63, 3.8) is 0 Å². The van der Waals surface area contributed by atoms with Gasteiger partial charge in [0.1, 0.15) is 5.52 Å². The molecule has 21 heavy (non-hydrogen) atoms. The number of aromatic nitrogens is 4. The van der Waals surface area contributed by atoms with Crippen LogP contribution in [0.25, 0.3) is 11.2 Å². The summed E-state index contributed by atoms with van der Waals surface area (Å²) in [5, 5.41) is 11.9. The maximum Gasteiger partial charge on any atom is 0.325 e. The van der Waals surface area contributed by atoms with E-state index >= 15 is 0 Å². The van der Waals surface area contributed by atoms with Crippen molar-refractivity contribution in [2.75, 3.05) is 11.1 Å². The zero-order valence-electron chi connectivity index (χ0n) is 10.4. The molecule has 0 unspecified atom stereocenters. The quantitative estimate of drug-likeness (QED) is 0.418. The Morgan fingerprint density at radius 2 is 2.14 bits per heavy atom. The van der Waals surface area contributed by atoms with Gasteiger partial charge in [0.05, 0.1) is 23.0 Å². The molecule has 2 aromatic heterocycles. The Bertz CT molecular complexity index is 937. The van der Waals surface area contributed by atoms with Gasteiger partial charge in [-0.2, -0.15) is 15.2 Å². The number of hydrogen-bond donors (Lipinski definition) is 4. The molecule has 2 heterocycles. The van der Waals surface area contributed by atoms with Crippen LogP contribution in [0, 0.1) is 11.3 Å². The number of rotatable bonds is 2. The number of fused-ring (bicyclic) bond motifs is 1. The monoisotopic (exact) mass is 301 g/mol. The first-order chi connectivity index (χ1) is 10.1. The summed E-state index contributed by atoms with van der Waals surface area (Å²) in [4.78, 5) is 24.3. The van der Waals surface area contributed by atoms with Crippen LogP contribution in [0.2, 0.25) is 5.15 Å². The van der Waals surface area contributed by atoms with E-state index in [1.807, 2.05) is 6.07 Å². The predicted octanol–water partition coefficient (Wildman–Crippen LogP) is 1.50. The molecule has 9 heteroatoms. The molecule has 0 aliphatic rings. The molecule has 0 atom stereocenters. The molecule has 0 spiro atoms. The summed E-state index contributed by atoms with van der Waals surface area (Å²) >= 11 is 5.98. The number of nitriles is 1. The first kappa shape index (κ1) is 13.0. The molecule has 1 aromatic carbocycles. The van der Waals surface area contributed by atoms with Gasteiger partial charge in [-0.1, -0.05) is 11.6 Å². The van der Waals surface area contributed by atoms with E-state index in [4.69, 9.17) is 22.6 Å². The summed E-state index contributed by atoms with van der Waals surface area (Å²) in [7, 11) is 0. The Hall–Kier alpha value is -3.05. The minimum atomic E-state index is -0.427. The van der Waals surface area contributed by atoms with Crippen molar-refractivity contribution >= 4 is 40.1 Å². The van der Waals surface area contributed by atoms with Gasteiger partial charge >= 0.3 is 5.69 Å². The van der Waals surface area contributed by atoms with Gasteiger partial charge in [-0.3, -0.25) is 4.98 Å².